The third-order valence-electron chi connectivity index (χ3n) is 3.48. The van der Waals surface area contributed by atoms with Crippen LogP contribution in [0.2, 0.25) is 0 Å². The Morgan fingerprint density at radius 3 is 2.32 bits per heavy atom. The van der Waals surface area contributed by atoms with Gasteiger partial charge >= 0.3 is 5.97 Å². The van der Waals surface area contributed by atoms with E-state index in [0.29, 0.717) is 6.54 Å². The highest BCUT2D eigenvalue weighted by Crippen LogP contribution is 2.23. The largest absolute Gasteiger partial charge is 0.497 e. The SMILES string of the molecule is CCN(CC(C)C(=O)O)C(C)c1ccc(OC)cc1. The summed E-state index contributed by atoms with van der Waals surface area (Å²) in [5, 5.41) is 9.00. The summed E-state index contributed by atoms with van der Waals surface area (Å²) in [6, 6.07) is 8.10. The van der Waals surface area contributed by atoms with Crippen molar-refractivity contribution >= 4 is 5.97 Å². The highest BCUT2D eigenvalue weighted by molar-refractivity contribution is 5.69. The van der Waals surface area contributed by atoms with Gasteiger partial charge in [-0.3, -0.25) is 9.69 Å². The molecule has 0 heterocycles. The zero-order chi connectivity index (χ0) is 14.4. The van der Waals surface area contributed by atoms with Crippen LogP contribution in [-0.4, -0.2) is 36.2 Å². The van der Waals surface area contributed by atoms with Crippen LogP contribution < -0.4 is 4.74 Å². The number of aliphatic carboxylic acids is 1. The molecule has 2 atom stereocenters. The molecule has 0 amide bonds. The zero-order valence-electron chi connectivity index (χ0n) is 12.1. The fourth-order valence-electron chi connectivity index (χ4n) is 2.08. The van der Waals surface area contributed by atoms with Crippen LogP contribution in [-0.2, 0) is 4.79 Å². The van der Waals surface area contributed by atoms with Crippen molar-refractivity contribution in [3.05, 3.63) is 29.8 Å². The first-order valence-corrected chi connectivity index (χ1v) is 6.60. The Morgan fingerprint density at radius 1 is 1.32 bits per heavy atom. The number of ether oxygens (including phenoxy) is 1. The van der Waals surface area contributed by atoms with E-state index in [-0.39, 0.29) is 12.0 Å². The van der Waals surface area contributed by atoms with Crippen molar-refractivity contribution in [1.82, 2.24) is 4.90 Å². The van der Waals surface area contributed by atoms with Crippen LogP contribution in [0, 0.1) is 5.92 Å². The van der Waals surface area contributed by atoms with Gasteiger partial charge in [0.25, 0.3) is 0 Å². The van der Waals surface area contributed by atoms with Gasteiger partial charge < -0.3 is 9.84 Å². The molecule has 2 unspecified atom stereocenters. The minimum Gasteiger partial charge on any atom is -0.497 e. The number of methoxy groups -OCH3 is 1. The quantitative estimate of drug-likeness (QED) is 0.823. The topological polar surface area (TPSA) is 49.8 Å². The summed E-state index contributed by atoms with van der Waals surface area (Å²) in [5.74, 6) is -0.279. The van der Waals surface area contributed by atoms with Gasteiger partial charge in [0.05, 0.1) is 13.0 Å². The monoisotopic (exact) mass is 265 g/mol. The molecular formula is C15H23NO3. The molecule has 0 saturated heterocycles. The first-order valence-electron chi connectivity index (χ1n) is 6.60. The van der Waals surface area contributed by atoms with E-state index in [2.05, 4.69) is 18.7 Å². The van der Waals surface area contributed by atoms with E-state index in [9.17, 15) is 4.79 Å². The average molecular weight is 265 g/mol. The van der Waals surface area contributed by atoms with Crippen molar-refractivity contribution < 1.29 is 14.6 Å². The van der Waals surface area contributed by atoms with E-state index >= 15 is 0 Å². The first kappa shape index (κ1) is 15.5. The molecule has 0 fully saturated rings. The lowest BCUT2D eigenvalue weighted by Gasteiger charge is -2.29. The fraction of sp³-hybridized carbons (Fsp3) is 0.533. The van der Waals surface area contributed by atoms with Crippen LogP contribution in [0.4, 0.5) is 0 Å². The fourth-order valence-corrected chi connectivity index (χ4v) is 2.08. The van der Waals surface area contributed by atoms with Gasteiger partial charge in [0.15, 0.2) is 0 Å². The molecule has 0 radical (unpaired) electrons. The molecule has 0 spiro atoms. The van der Waals surface area contributed by atoms with E-state index in [1.807, 2.05) is 24.3 Å². The molecule has 0 aliphatic heterocycles. The van der Waals surface area contributed by atoms with Gasteiger partial charge in [-0.2, -0.15) is 0 Å². The number of hydrogen-bond donors (Lipinski definition) is 1. The number of benzene rings is 1. The molecule has 0 aromatic heterocycles. The summed E-state index contributed by atoms with van der Waals surface area (Å²) in [6.45, 7) is 7.27. The van der Waals surface area contributed by atoms with Crippen LogP contribution >= 0.6 is 0 Å². The summed E-state index contributed by atoms with van der Waals surface area (Å²) < 4.78 is 5.14. The number of carboxylic acids is 1. The van der Waals surface area contributed by atoms with Crippen molar-refractivity contribution in [3.8, 4) is 5.75 Å². The van der Waals surface area contributed by atoms with Gasteiger partial charge in [-0.05, 0) is 31.2 Å². The molecule has 1 N–H and O–H groups in total. The molecule has 106 valence electrons. The number of carboxylic acid groups (broad SMARTS) is 1. The van der Waals surface area contributed by atoms with Crippen molar-refractivity contribution in [2.45, 2.75) is 26.8 Å². The molecule has 0 saturated carbocycles. The lowest BCUT2D eigenvalue weighted by atomic mass is 10.0. The van der Waals surface area contributed by atoms with Crippen LogP contribution in [0.15, 0.2) is 24.3 Å². The van der Waals surface area contributed by atoms with Gasteiger partial charge in [-0.15, -0.1) is 0 Å². The number of nitrogens with zero attached hydrogens (tertiary/aromatic N) is 1. The Balaban J connectivity index is 2.76. The maximum Gasteiger partial charge on any atom is 0.307 e. The van der Waals surface area contributed by atoms with Gasteiger partial charge in [0, 0.05) is 12.6 Å². The smallest absolute Gasteiger partial charge is 0.307 e. The lowest BCUT2D eigenvalue weighted by Crippen LogP contribution is -2.33. The van der Waals surface area contributed by atoms with Crippen LogP contribution in [0.5, 0.6) is 5.75 Å². The normalized spacial score (nSPS) is 14.2. The van der Waals surface area contributed by atoms with E-state index in [0.717, 1.165) is 12.3 Å². The zero-order valence-corrected chi connectivity index (χ0v) is 12.1. The number of carbonyl (C=O) groups is 1. The minimum absolute atomic E-state index is 0.192. The van der Waals surface area contributed by atoms with Gasteiger partial charge in [-0.25, -0.2) is 0 Å². The second-order valence-corrected chi connectivity index (χ2v) is 4.78. The highest BCUT2D eigenvalue weighted by atomic mass is 16.5. The number of hydrogen-bond acceptors (Lipinski definition) is 3. The van der Waals surface area contributed by atoms with Gasteiger partial charge in [0.1, 0.15) is 5.75 Å². The van der Waals surface area contributed by atoms with E-state index in [1.165, 1.54) is 5.56 Å². The third-order valence-corrected chi connectivity index (χ3v) is 3.48. The lowest BCUT2D eigenvalue weighted by molar-refractivity contribution is -0.141. The summed E-state index contributed by atoms with van der Waals surface area (Å²) in [5.41, 5.74) is 1.17. The van der Waals surface area contributed by atoms with Crippen LogP contribution in [0.1, 0.15) is 32.4 Å². The average Bonchev–Trinajstić information content (AvgIpc) is 2.43. The molecule has 4 nitrogen and oxygen atoms in total. The molecule has 0 aliphatic rings. The molecule has 1 rings (SSSR count). The van der Waals surface area contributed by atoms with Crippen molar-refractivity contribution in [1.29, 1.82) is 0 Å². The Morgan fingerprint density at radius 2 is 1.89 bits per heavy atom. The van der Waals surface area contributed by atoms with Crippen LogP contribution in [0.3, 0.4) is 0 Å². The van der Waals surface area contributed by atoms with Gasteiger partial charge in [-0.1, -0.05) is 26.0 Å². The standard InChI is InChI=1S/C15H23NO3/c1-5-16(10-11(2)15(17)18)12(3)13-6-8-14(19-4)9-7-13/h6-9,11-12H,5,10H2,1-4H3,(H,17,18). The van der Waals surface area contributed by atoms with E-state index in [1.54, 1.807) is 14.0 Å². The molecule has 4 heteroatoms. The Hall–Kier alpha value is -1.55. The van der Waals surface area contributed by atoms with Crippen molar-refractivity contribution in [2.24, 2.45) is 5.92 Å². The predicted molar refractivity (Wildman–Crippen MR) is 75.5 cm³/mol. The van der Waals surface area contributed by atoms with E-state index < -0.39 is 5.97 Å². The summed E-state index contributed by atoms with van der Waals surface area (Å²) in [7, 11) is 1.64. The predicted octanol–water partition coefficient (Wildman–Crippen LogP) is 2.80. The molecule has 19 heavy (non-hydrogen) atoms. The second-order valence-electron chi connectivity index (χ2n) is 4.78. The molecule has 1 aromatic carbocycles. The Bertz CT molecular complexity index is 402. The Kier molecular flexibility index (Phi) is 5.83. The van der Waals surface area contributed by atoms with Gasteiger partial charge in [0.2, 0.25) is 0 Å². The number of rotatable bonds is 7. The maximum atomic E-state index is 11.0. The molecular weight excluding hydrogens is 242 g/mol. The van der Waals surface area contributed by atoms with E-state index in [4.69, 9.17) is 9.84 Å². The summed E-state index contributed by atoms with van der Waals surface area (Å²) in [4.78, 5) is 13.1. The highest BCUT2D eigenvalue weighted by Gasteiger charge is 2.20. The molecule has 0 aliphatic carbocycles. The third kappa shape index (κ3) is 4.24. The Labute approximate surface area is 115 Å². The summed E-state index contributed by atoms with van der Waals surface area (Å²) in [6.07, 6.45) is 0. The first-order chi connectivity index (χ1) is 8.99. The van der Waals surface area contributed by atoms with Crippen molar-refractivity contribution in [2.75, 3.05) is 20.2 Å². The molecule has 1 aromatic rings. The maximum absolute atomic E-state index is 11.0. The molecule has 0 bridgehead atoms. The minimum atomic E-state index is -0.750. The van der Waals surface area contributed by atoms with Crippen molar-refractivity contribution in [3.63, 3.8) is 0 Å². The summed E-state index contributed by atoms with van der Waals surface area (Å²) >= 11 is 0. The second kappa shape index (κ2) is 7.14. The van der Waals surface area contributed by atoms with Crippen LogP contribution in [0.25, 0.3) is 0 Å².